The molecule has 3 aromatic rings. The molecule has 0 radical (unpaired) electrons. The van der Waals surface area contributed by atoms with E-state index in [0.29, 0.717) is 24.4 Å². The third-order valence-electron chi connectivity index (χ3n) is 6.63. The third-order valence-corrected chi connectivity index (χ3v) is 8.42. The van der Waals surface area contributed by atoms with E-state index in [9.17, 15) is 18.0 Å². The fourth-order valence-corrected chi connectivity index (χ4v) is 5.81. The van der Waals surface area contributed by atoms with Gasteiger partial charge in [-0.3, -0.25) is 13.9 Å². The first kappa shape index (κ1) is 30.7. The van der Waals surface area contributed by atoms with Gasteiger partial charge in [-0.05, 0) is 67.3 Å². The Labute approximate surface area is 238 Å². The summed E-state index contributed by atoms with van der Waals surface area (Å²) in [6.07, 6.45) is 2.12. The number of nitrogens with zero attached hydrogens (tertiary/aromatic N) is 2. The van der Waals surface area contributed by atoms with Crippen molar-refractivity contribution in [3.8, 4) is 5.75 Å². The molecule has 1 atom stereocenters. The molecular formula is C31H39N3O5S. The van der Waals surface area contributed by atoms with Crippen molar-refractivity contribution in [2.75, 3.05) is 24.5 Å². The Hall–Kier alpha value is -3.85. The Morgan fingerprint density at radius 2 is 1.65 bits per heavy atom. The molecule has 0 heterocycles. The van der Waals surface area contributed by atoms with E-state index in [1.54, 1.807) is 55.6 Å². The van der Waals surface area contributed by atoms with Gasteiger partial charge in [0.05, 0.1) is 17.7 Å². The minimum Gasteiger partial charge on any atom is -0.497 e. The van der Waals surface area contributed by atoms with Crippen LogP contribution in [0.3, 0.4) is 0 Å². The summed E-state index contributed by atoms with van der Waals surface area (Å²) in [6, 6.07) is 21.5. The number of amides is 2. The van der Waals surface area contributed by atoms with E-state index in [1.165, 1.54) is 17.0 Å². The number of carbonyl (C=O) groups is 2. The van der Waals surface area contributed by atoms with Crippen LogP contribution in [0.5, 0.6) is 5.75 Å². The van der Waals surface area contributed by atoms with Crippen LogP contribution in [-0.4, -0.2) is 51.4 Å². The molecule has 8 nitrogen and oxygen atoms in total. The molecule has 0 aliphatic carbocycles. The number of nitrogens with one attached hydrogen (secondary N) is 1. The Morgan fingerprint density at radius 3 is 2.25 bits per heavy atom. The van der Waals surface area contributed by atoms with Crippen molar-refractivity contribution in [3.05, 3.63) is 90.0 Å². The van der Waals surface area contributed by atoms with Crippen LogP contribution in [0.4, 0.5) is 5.69 Å². The lowest BCUT2D eigenvalue weighted by molar-refractivity contribution is -0.140. The van der Waals surface area contributed by atoms with Crippen LogP contribution in [0.1, 0.15) is 44.2 Å². The zero-order valence-electron chi connectivity index (χ0n) is 23.7. The van der Waals surface area contributed by atoms with Crippen LogP contribution in [0.25, 0.3) is 0 Å². The molecule has 1 N–H and O–H groups in total. The molecule has 0 aromatic heterocycles. The van der Waals surface area contributed by atoms with Gasteiger partial charge >= 0.3 is 0 Å². The fourth-order valence-electron chi connectivity index (χ4n) is 4.38. The number of carbonyl (C=O) groups excluding carboxylic acids is 2. The summed E-state index contributed by atoms with van der Waals surface area (Å²) in [7, 11) is -2.51. The van der Waals surface area contributed by atoms with Crippen molar-refractivity contribution >= 4 is 27.5 Å². The average Bonchev–Trinajstić information content (AvgIpc) is 2.96. The van der Waals surface area contributed by atoms with Crippen molar-refractivity contribution in [2.24, 2.45) is 0 Å². The first-order valence-corrected chi connectivity index (χ1v) is 15.0. The predicted octanol–water partition coefficient (Wildman–Crippen LogP) is 4.92. The van der Waals surface area contributed by atoms with Crippen LogP contribution < -0.4 is 14.4 Å². The summed E-state index contributed by atoms with van der Waals surface area (Å²) in [4.78, 5) is 28.9. The van der Waals surface area contributed by atoms with Gasteiger partial charge in [0.25, 0.3) is 10.0 Å². The van der Waals surface area contributed by atoms with Gasteiger partial charge in [0, 0.05) is 13.1 Å². The number of hydrogen-bond acceptors (Lipinski definition) is 5. The van der Waals surface area contributed by atoms with Crippen molar-refractivity contribution < 1.29 is 22.7 Å². The standard InChI is InChI=1S/C31H39N3O5S/c1-5-7-20-32-31(36)29(6-2)33(22-25-16-18-27(39-4)19-17-25)30(35)23-34(26-13-11-12-24(3)21-26)40(37,38)28-14-9-8-10-15-28/h8-19,21,29H,5-7,20,22-23H2,1-4H3,(H,32,36)/t29-/m1/s1. The third kappa shape index (κ3) is 7.85. The monoisotopic (exact) mass is 565 g/mol. The highest BCUT2D eigenvalue weighted by Crippen LogP contribution is 2.26. The molecule has 214 valence electrons. The second kappa shape index (κ2) is 14.5. The highest BCUT2D eigenvalue weighted by molar-refractivity contribution is 7.92. The molecule has 0 saturated carbocycles. The van der Waals surface area contributed by atoms with Gasteiger partial charge in [-0.2, -0.15) is 0 Å². The molecule has 9 heteroatoms. The normalized spacial score (nSPS) is 11.9. The Morgan fingerprint density at radius 1 is 0.950 bits per heavy atom. The summed E-state index contributed by atoms with van der Waals surface area (Å²) in [5.74, 6) is -0.0642. The van der Waals surface area contributed by atoms with Crippen molar-refractivity contribution in [1.82, 2.24) is 10.2 Å². The summed E-state index contributed by atoms with van der Waals surface area (Å²) < 4.78 is 34.1. The lowest BCUT2D eigenvalue weighted by Crippen LogP contribution is -2.52. The number of aryl methyl sites for hydroxylation is 1. The smallest absolute Gasteiger partial charge is 0.264 e. The minimum atomic E-state index is -4.08. The number of sulfonamides is 1. The average molecular weight is 566 g/mol. The number of rotatable bonds is 14. The van der Waals surface area contributed by atoms with E-state index in [2.05, 4.69) is 5.32 Å². The Bertz CT molecular complexity index is 1360. The predicted molar refractivity (Wildman–Crippen MR) is 158 cm³/mol. The lowest BCUT2D eigenvalue weighted by atomic mass is 10.1. The number of methoxy groups -OCH3 is 1. The molecule has 3 aromatic carbocycles. The largest absolute Gasteiger partial charge is 0.497 e. The summed E-state index contributed by atoms with van der Waals surface area (Å²) >= 11 is 0. The molecule has 0 aliphatic heterocycles. The van der Waals surface area contributed by atoms with Crippen LogP contribution >= 0.6 is 0 Å². The zero-order valence-corrected chi connectivity index (χ0v) is 24.5. The Balaban J connectivity index is 2.02. The van der Waals surface area contributed by atoms with Crippen LogP contribution in [-0.2, 0) is 26.2 Å². The highest BCUT2D eigenvalue weighted by Gasteiger charge is 2.33. The van der Waals surface area contributed by atoms with E-state index in [-0.39, 0.29) is 17.3 Å². The van der Waals surface area contributed by atoms with Crippen molar-refractivity contribution in [3.63, 3.8) is 0 Å². The van der Waals surface area contributed by atoms with Gasteiger partial charge in [0.1, 0.15) is 18.3 Å². The maximum Gasteiger partial charge on any atom is 0.264 e. The van der Waals surface area contributed by atoms with Crippen molar-refractivity contribution in [2.45, 2.75) is 57.5 Å². The van der Waals surface area contributed by atoms with E-state index < -0.39 is 28.5 Å². The molecule has 0 aliphatic rings. The fraction of sp³-hybridized carbons (Fsp3) is 0.355. The molecule has 40 heavy (non-hydrogen) atoms. The molecular weight excluding hydrogens is 526 g/mol. The molecule has 0 unspecified atom stereocenters. The van der Waals surface area contributed by atoms with Crippen LogP contribution in [0, 0.1) is 6.92 Å². The van der Waals surface area contributed by atoms with Crippen LogP contribution in [0.15, 0.2) is 83.8 Å². The molecule has 0 spiro atoms. The number of benzene rings is 3. The van der Waals surface area contributed by atoms with E-state index >= 15 is 0 Å². The summed E-state index contributed by atoms with van der Waals surface area (Å²) in [5.41, 5.74) is 2.03. The lowest BCUT2D eigenvalue weighted by Gasteiger charge is -2.33. The van der Waals surface area contributed by atoms with Gasteiger partial charge < -0.3 is 15.0 Å². The van der Waals surface area contributed by atoms with Crippen molar-refractivity contribution in [1.29, 1.82) is 0 Å². The zero-order chi connectivity index (χ0) is 29.1. The van der Waals surface area contributed by atoms with Gasteiger partial charge in [0.15, 0.2) is 0 Å². The first-order chi connectivity index (χ1) is 19.2. The molecule has 2 amide bonds. The molecule has 0 fully saturated rings. The van der Waals surface area contributed by atoms with Gasteiger partial charge in [0.2, 0.25) is 11.8 Å². The Kier molecular flexibility index (Phi) is 11.1. The van der Waals surface area contributed by atoms with Gasteiger partial charge in [-0.15, -0.1) is 0 Å². The minimum absolute atomic E-state index is 0.0790. The second-order valence-electron chi connectivity index (χ2n) is 9.60. The van der Waals surface area contributed by atoms with E-state index in [4.69, 9.17) is 4.74 Å². The van der Waals surface area contributed by atoms with Gasteiger partial charge in [-0.25, -0.2) is 8.42 Å². The highest BCUT2D eigenvalue weighted by atomic mass is 32.2. The SMILES string of the molecule is CCCCNC(=O)[C@@H](CC)N(Cc1ccc(OC)cc1)C(=O)CN(c1cccc(C)c1)S(=O)(=O)c1ccccc1. The maximum atomic E-state index is 14.1. The number of unbranched alkanes of at least 4 members (excludes halogenated alkanes) is 1. The quantitative estimate of drug-likeness (QED) is 0.280. The topological polar surface area (TPSA) is 96.0 Å². The van der Waals surface area contributed by atoms with Crippen LogP contribution in [0.2, 0.25) is 0 Å². The second-order valence-corrected chi connectivity index (χ2v) is 11.5. The molecule has 0 saturated heterocycles. The summed E-state index contributed by atoms with van der Waals surface area (Å²) in [6.45, 7) is 5.93. The number of ether oxygens (including phenoxy) is 1. The van der Waals surface area contributed by atoms with Gasteiger partial charge in [-0.1, -0.05) is 62.7 Å². The first-order valence-electron chi connectivity index (χ1n) is 13.6. The maximum absolute atomic E-state index is 14.1. The van der Waals surface area contributed by atoms with E-state index in [0.717, 1.165) is 28.3 Å². The summed E-state index contributed by atoms with van der Waals surface area (Å²) in [5, 5.41) is 2.94. The molecule has 3 rings (SSSR count). The van der Waals surface area contributed by atoms with E-state index in [1.807, 2.05) is 39.0 Å². The number of hydrogen-bond donors (Lipinski definition) is 1. The molecule has 0 bridgehead atoms. The number of anilines is 1.